The zero-order chi connectivity index (χ0) is 19.7. The molecule has 0 saturated carbocycles. The van der Waals surface area contributed by atoms with E-state index in [0.29, 0.717) is 18.1 Å². The maximum absolute atomic E-state index is 6.38. The molecule has 2 aromatic carbocycles. The number of oxazole rings is 1. The van der Waals surface area contributed by atoms with E-state index in [1.807, 2.05) is 63.2 Å². The van der Waals surface area contributed by atoms with E-state index in [4.69, 9.17) is 15.1 Å². The summed E-state index contributed by atoms with van der Waals surface area (Å²) in [6, 6.07) is 16.1. The van der Waals surface area contributed by atoms with Gasteiger partial charge in [-0.2, -0.15) is 0 Å². The first-order valence-corrected chi connectivity index (χ1v) is 9.26. The van der Waals surface area contributed by atoms with Crippen molar-refractivity contribution in [3.05, 3.63) is 81.9 Å². The molecule has 0 spiro atoms. The Kier molecular flexibility index (Phi) is 4.65. The lowest BCUT2D eigenvalue weighted by molar-refractivity contribution is 0.561. The van der Waals surface area contributed by atoms with Crippen molar-refractivity contribution >= 4 is 28.6 Å². The van der Waals surface area contributed by atoms with Crippen LogP contribution in [0.4, 0.5) is 5.82 Å². The zero-order valence-corrected chi connectivity index (χ0v) is 16.2. The molecule has 0 aliphatic rings. The normalized spacial score (nSPS) is 13.2. The summed E-state index contributed by atoms with van der Waals surface area (Å²) in [5.41, 5.74) is 11.2. The van der Waals surface area contributed by atoms with E-state index in [2.05, 4.69) is 22.1 Å². The molecule has 0 fully saturated rings. The molecule has 0 atom stereocenters. The largest absolute Gasteiger partial charge is 0.441 e. The molecule has 0 aliphatic carbocycles. The second-order valence-electron chi connectivity index (χ2n) is 6.78. The van der Waals surface area contributed by atoms with E-state index in [1.165, 1.54) is 0 Å². The minimum absolute atomic E-state index is 0.489. The van der Waals surface area contributed by atoms with Gasteiger partial charge in [0.15, 0.2) is 11.5 Å². The van der Waals surface area contributed by atoms with Gasteiger partial charge in [0.1, 0.15) is 17.2 Å². The summed E-state index contributed by atoms with van der Waals surface area (Å²) >= 11 is 0. The van der Waals surface area contributed by atoms with Gasteiger partial charge < -0.3 is 10.2 Å². The van der Waals surface area contributed by atoms with E-state index in [1.54, 1.807) is 0 Å². The summed E-state index contributed by atoms with van der Waals surface area (Å²) in [7, 11) is 0. The van der Waals surface area contributed by atoms with Crippen LogP contribution < -0.4 is 16.3 Å². The van der Waals surface area contributed by atoms with Gasteiger partial charge in [-0.3, -0.25) is 0 Å². The first-order chi connectivity index (χ1) is 13.5. The van der Waals surface area contributed by atoms with Gasteiger partial charge >= 0.3 is 0 Å². The van der Waals surface area contributed by atoms with Gasteiger partial charge in [-0.05, 0) is 42.7 Å². The van der Waals surface area contributed by atoms with Crippen LogP contribution in [0.25, 0.3) is 22.7 Å². The Bertz CT molecular complexity index is 1270. The van der Waals surface area contributed by atoms with Crippen LogP contribution >= 0.6 is 0 Å². The lowest BCUT2D eigenvalue weighted by Crippen LogP contribution is -2.35. The molecule has 28 heavy (non-hydrogen) atoms. The molecule has 0 aliphatic heterocycles. The average Bonchev–Trinajstić information content (AvgIpc) is 3.07. The molecule has 2 aromatic heterocycles. The number of benzene rings is 2. The second-order valence-corrected chi connectivity index (χ2v) is 6.78. The fraction of sp³-hybridized carbons (Fsp3) is 0.174. The lowest BCUT2D eigenvalue weighted by Gasteiger charge is -2.07. The average molecular weight is 370 g/mol. The number of aromatic nitrogens is 3. The maximum Gasteiger partial charge on any atom is 0.192 e. The molecule has 4 aromatic rings. The summed E-state index contributed by atoms with van der Waals surface area (Å²) in [6.07, 6.45) is 2.62. The van der Waals surface area contributed by atoms with Gasteiger partial charge in [-0.25, -0.2) is 15.0 Å². The van der Waals surface area contributed by atoms with Crippen LogP contribution in [0.1, 0.15) is 36.7 Å². The van der Waals surface area contributed by atoms with Gasteiger partial charge in [0.2, 0.25) is 0 Å². The van der Waals surface area contributed by atoms with Crippen molar-refractivity contribution < 1.29 is 4.42 Å². The van der Waals surface area contributed by atoms with Gasteiger partial charge in [-0.15, -0.1) is 0 Å². The van der Waals surface area contributed by atoms with Gasteiger partial charge in [0.25, 0.3) is 0 Å². The molecule has 5 heteroatoms. The van der Waals surface area contributed by atoms with Crippen molar-refractivity contribution in [1.82, 2.24) is 15.0 Å². The summed E-state index contributed by atoms with van der Waals surface area (Å²) in [4.78, 5) is 13.8. The third kappa shape index (κ3) is 3.39. The maximum atomic E-state index is 6.38. The topological polar surface area (TPSA) is 77.8 Å². The molecule has 5 nitrogen and oxygen atoms in total. The second kappa shape index (κ2) is 7.27. The van der Waals surface area contributed by atoms with E-state index in [-0.39, 0.29) is 0 Å². The number of hydrogen-bond donors (Lipinski definition) is 1. The van der Waals surface area contributed by atoms with Crippen LogP contribution in [0.15, 0.2) is 52.9 Å². The van der Waals surface area contributed by atoms with Crippen molar-refractivity contribution in [3.8, 4) is 0 Å². The molecule has 140 valence electrons. The fourth-order valence-corrected chi connectivity index (χ4v) is 3.42. The highest BCUT2D eigenvalue weighted by Crippen LogP contribution is 2.20. The number of nitrogens with zero attached hydrogens (tertiary/aromatic N) is 3. The summed E-state index contributed by atoms with van der Waals surface area (Å²) in [6.45, 7) is 5.85. The number of aryl methyl sites for hydroxylation is 1. The Morgan fingerprint density at radius 2 is 1.86 bits per heavy atom. The van der Waals surface area contributed by atoms with Crippen molar-refractivity contribution in [2.45, 2.75) is 27.2 Å². The number of anilines is 1. The van der Waals surface area contributed by atoms with Gasteiger partial charge in [0.05, 0.1) is 5.35 Å². The van der Waals surface area contributed by atoms with Crippen LogP contribution in [0.3, 0.4) is 0 Å². The Morgan fingerprint density at radius 1 is 1.07 bits per heavy atom. The number of rotatable bonds is 3. The smallest absolute Gasteiger partial charge is 0.192 e. The summed E-state index contributed by atoms with van der Waals surface area (Å²) in [5, 5.41) is 1.70. The van der Waals surface area contributed by atoms with E-state index in [0.717, 1.165) is 44.2 Å². The van der Waals surface area contributed by atoms with Crippen molar-refractivity contribution in [3.63, 3.8) is 0 Å². The molecule has 4 rings (SSSR count). The Hall–Kier alpha value is -3.47. The van der Waals surface area contributed by atoms with Crippen LogP contribution in [-0.4, -0.2) is 15.0 Å². The van der Waals surface area contributed by atoms with Crippen LogP contribution in [0, 0.1) is 6.92 Å². The standard InChI is InChI=1S/C23H22N4O/c1-4-18-22(14(2)17-10-11-20-19(13-17)25-15(3)28-20)23(24)27-21(26-18)12-16-8-6-5-7-9-16/h4-11,13H,12H2,1-3H3,(H2,24,26,27)/b18-4+,22-14-. The minimum Gasteiger partial charge on any atom is -0.441 e. The first kappa shape index (κ1) is 17.9. The quantitative estimate of drug-likeness (QED) is 0.599. The molecular formula is C23H22N4O. The van der Waals surface area contributed by atoms with E-state index < -0.39 is 0 Å². The third-order valence-corrected chi connectivity index (χ3v) is 4.79. The fourth-order valence-electron chi connectivity index (χ4n) is 3.42. The lowest BCUT2D eigenvalue weighted by atomic mass is 10.0. The molecule has 2 heterocycles. The molecule has 0 unspecified atom stereocenters. The van der Waals surface area contributed by atoms with Crippen molar-refractivity contribution in [2.24, 2.45) is 0 Å². The number of hydrogen-bond acceptors (Lipinski definition) is 5. The summed E-state index contributed by atoms with van der Waals surface area (Å²) < 4.78 is 5.57. The molecule has 0 bridgehead atoms. The Balaban J connectivity index is 1.85. The highest BCUT2D eigenvalue weighted by molar-refractivity contribution is 5.79. The van der Waals surface area contributed by atoms with Crippen molar-refractivity contribution in [1.29, 1.82) is 0 Å². The van der Waals surface area contributed by atoms with E-state index in [9.17, 15) is 0 Å². The Labute approximate surface area is 163 Å². The highest BCUT2D eigenvalue weighted by Gasteiger charge is 2.09. The molecule has 0 saturated heterocycles. The third-order valence-electron chi connectivity index (χ3n) is 4.79. The first-order valence-electron chi connectivity index (χ1n) is 9.26. The van der Waals surface area contributed by atoms with E-state index >= 15 is 0 Å². The summed E-state index contributed by atoms with van der Waals surface area (Å²) in [5.74, 6) is 1.86. The van der Waals surface area contributed by atoms with Crippen LogP contribution in [-0.2, 0) is 6.42 Å². The van der Waals surface area contributed by atoms with Crippen molar-refractivity contribution in [2.75, 3.05) is 5.73 Å². The van der Waals surface area contributed by atoms with Crippen LogP contribution in [0.2, 0.25) is 0 Å². The monoisotopic (exact) mass is 370 g/mol. The zero-order valence-electron chi connectivity index (χ0n) is 16.2. The molecule has 0 radical (unpaired) electrons. The highest BCUT2D eigenvalue weighted by atomic mass is 16.3. The number of nitrogens with two attached hydrogens (primary N) is 1. The molecular weight excluding hydrogens is 348 g/mol. The number of fused-ring (bicyclic) bond motifs is 1. The predicted octanol–water partition coefficient (Wildman–Crippen LogP) is 3.12. The number of nitrogen functional groups attached to an aromatic ring is 1. The predicted molar refractivity (Wildman–Crippen MR) is 112 cm³/mol. The van der Waals surface area contributed by atoms with Gasteiger partial charge in [0, 0.05) is 18.6 Å². The molecule has 0 amide bonds. The molecule has 2 N–H and O–H groups in total. The van der Waals surface area contributed by atoms with Crippen LogP contribution in [0.5, 0.6) is 0 Å². The Morgan fingerprint density at radius 3 is 2.61 bits per heavy atom. The minimum atomic E-state index is 0.489. The SMILES string of the molecule is C/C=c1/nc(Cc2ccccc2)nc(N)/c1=C(/C)c1ccc2oc(C)nc2c1. The van der Waals surface area contributed by atoms with Gasteiger partial charge in [-0.1, -0.05) is 42.5 Å².